The molecule has 0 radical (unpaired) electrons. The van der Waals surface area contributed by atoms with Gasteiger partial charge in [-0.05, 0) is 44.0 Å². The van der Waals surface area contributed by atoms with Gasteiger partial charge in [-0.1, -0.05) is 28.1 Å². The van der Waals surface area contributed by atoms with Crippen LogP contribution in [0.4, 0.5) is 0 Å². The fraction of sp³-hybridized carbons (Fsp3) is 0.500. The highest BCUT2D eigenvalue weighted by Gasteiger charge is 2.36. The topological polar surface area (TPSA) is 72.3 Å². The number of amides is 1. The summed E-state index contributed by atoms with van der Waals surface area (Å²) in [6, 6.07) is 7.85. The number of carbonyl (C=O) groups is 1. The molecule has 4 nitrogen and oxygen atoms in total. The number of halogens is 1. The normalized spacial score (nSPS) is 23.2. The first-order chi connectivity index (χ1) is 9.00. The minimum atomic E-state index is -0.252. The number of hydrogen-bond donors (Lipinski definition) is 2. The second-order valence-corrected chi connectivity index (χ2v) is 6.07. The van der Waals surface area contributed by atoms with Crippen LogP contribution in [0.1, 0.15) is 31.4 Å². The molecule has 1 aliphatic rings. The van der Waals surface area contributed by atoms with Gasteiger partial charge >= 0.3 is 0 Å². The standard InChI is InChI=1S/C14H20BrN3O/c1-9(16)13(10-4-2-5-11(15)8-10)18-7-3-6-12(18)14(17)19/h2,4-5,8-9,12-13H,3,6-7,16H2,1H3,(H2,17,19). The van der Waals surface area contributed by atoms with Crippen molar-refractivity contribution in [3.8, 4) is 0 Å². The van der Waals surface area contributed by atoms with Crippen LogP contribution in [0.15, 0.2) is 28.7 Å². The van der Waals surface area contributed by atoms with Gasteiger partial charge in [0, 0.05) is 10.5 Å². The average molecular weight is 326 g/mol. The molecule has 0 aromatic heterocycles. The molecular weight excluding hydrogens is 306 g/mol. The van der Waals surface area contributed by atoms with Crippen LogP contribution in [0.25, 0.3) is 0 Å². The molecule has 1 fully saturated rings. The quantitative estimate of drug-likeness (QED) is 0.886. The van der Waals surface area contributed by atoms with Crippen molar-refractivity contribution in [2.75, 3.05) is 6.54 Å². The van der Waals surface area contributed by atoms with E-state index >= 15 is 0 Å². The Morgan fingerprint density at radius 1 is 1.53 bits per heavy atom. The van der Waals surface area contributed by atoms with Gasteiger partial charge in [-0.2, -0.15) is 0 Å². The van der Waals surface area contributed by atoms with Gasteiger partial charge in [-0.15, -0.1) is 0 Å². The number of hydrogen-bond acceptors (Lipinski definition) is 3. The maximum Gasteiger partial charge on any atom is 0.234 e. The Kier molecular flexibility index (Phi) is 4.60. The fourth-order valence-corrected chi connectivity index (χ4v) is 3.33. The predicted molar refractivity (Wildman–Crippen MR) is 79.5 cm³/mol. The summed E-state index contributed by atoms with van der Waals surface area (Å²) in [6.07, 6.45) is 1.82. The number of nitrogens with two attached hydrogens (primary N) is 2. The molecule has 2 rings (SSSR count). The Morgan fingerprint density at radius 2 is 2.26 bits per heavy atom. The van der Waals surface area contributed by atoms with E-state index in [1.165, 1.54) is 0 Å². The molecule has 1 saturated heterocycles. The lowest BCUT2D eigenvalue weighted by molar-refractivity contribution is -0.123. The van der Waals surface area contributed by atoms with Crippen LogP contribution < -0.4 is 11.5 Å². The van der Waals surface area contributed by atoms with Crippen molar-refractivity contribution < 1.29 is 4.79 Å². The molecule has 1 amide bonds. The summed E-state index contributed by atoms with van der Waals surface area (Å²) < 4.78 is 1.02. The molecule has 0 bridgehead atoms. The van der Waals surface area contributed by atoms with Crippen molar-refractivity contribution in [2.24, 2.45) is 11.5 Å². The van der Waals surface area contributed by atoms with E-state index in [4.69, 9.17) is 11.5 Å². The Morgan fingerprint density at radius 3 is 2.84 bits per heavy atom. The lowest BCUT2D eigenvalue weighted by Gasteiger charge is -2.34. The van der Waals surface area contributed by atoms with Gasteiger partial charge in [0.1, 0.15) is 0 Å². The Labute approximate surface area is 122 Å². The van der Waals surface area contributed by atoms with E-state index in [0.29, 0.717) is 0 Å². The molecule has 1 aromatic rings. The number of primary amides is 1. The largest absolute Gasteiger partial charge is 0.368 e. The van der Waals surface area contributed by atoms with Crippen molar-refractivity contribution in [3.05, 3.63) is 34.3 Å². The zero-order chi connectivity index (χ0) is 14.0. The summed E-state index contributed by atoms with van der Waals surface area (Å²) in [6.45, 7) is 2.84. The number of nitrogens with zero attached hydrogens (tertiary/aromatic N) is 1. The molecule has 0 spiro atoms. The number of carbonyl (C=O) groups excluding carboxylic acids is 1. The Hall–Kier alpha value is -0.910. The second kappa shape index (κ2) is 6.03. The molecule has 0 aliphatic carbocycles. The molecule has 5 heteroatoms. The molecule has 3 unspecified atom stereocenters. The molecule has 19 heavy (non-hydrogen) atoms. The molecule has 1 heterocycles. The lowest BCUT2D eigenvalue weighted by Crippen LogP contribution is -2.47. The number of likely N-dealkylation sites (tertiary alicyclic amines) is 1. The third-order valence-corrected chi connectivity index (χ3v) is 4.16. The Balaban J connectivity index is 2.32. The van der Waals surface area contributed by atoms with Gasteiger partial charge in [0.15, 0.2) is 0 Å². The first-order valence-electron chi connectivity index (χ1n) is 6.57. The second-order valence-electron chi connectivity index (χ2n) is 5.16. The van der Waals surface area contributed by atoms with E-state index in [9.17, 15) is 4.79 Å². The molecule has 0 saturated carbocycles. The van der Waals surface area contributed by atoms with E-state index in [-0.39, 0.29) is 24.0 Å². The van der Waals surface area contributed by atoms with Crippen molar-refractivity contribution >= 4 is 21.8 Å². The summed E-state index contributed by atoms with van der Waals surface area (Å²) in [4.78, 5) is 13.7. The predicted octanol–water partition coefficient (Wildman–Crippen LogP) is 1.79. The third-order valence-electron chi connectivity index (χ3n) is 3.67. The molecule has 1 aromatic carbocycles. The van der Waals surface area contributed by atoms with Crippen LogP contribution in [0.3, 0.4) is 0 Å². The summed E-state index contributed by atoms with van der Waals surface area (Å²) in [5.74, 6) is -0.252. The van der Waals surface area contributed by atoms with Gasteiger partial charge < -0.3 is 11.5 Å². The highest BCUT2D eigenvalue weighted by molar-refractivity contribution is 9.10. The SMILES string of the molecule is CC(N)C(c1cccc(Br)c1)N1CCCC1C(N)=O. The van der Waals surface area contributed by atoms with Crippen molar-refractivity contribution in [1.29, 1.82) is 0 Å². The van der Waals surface area contributed by atoms with Crippen LogP contribution in [0, 0.1) is 0 Å². The summed E-state index contributed by atoms with van der Waals surface area (Å²) in [5, 5.41) is 0. The zero-order valence-corrected chi connectivity index (χ0v) is 12.6. The van der Waals surface area contributed by atoms with E-state index in [0.717, 1.165) is 29.4 Å². The van der Waals surface area contributed by atoms with E-state index in [1.807, 2.05) is 19.1 Å². The van der Waals surface area contributed by atoms with Gasteiger partial charge in [-0.3, -0.25) is 9.69 Å². The fourth-order valence-electron chi connectivity index (χ4n) is 2.92. The van der Waals surface area contributed by atoms with Gasteiger partial charge in [-0.25, -0.2) is 0 Å². The van der Waals surface area contributed by atoms with Crippen LogP contribution in [0.5, 0.6) is 0 Å². The summed E-state index contributed by atoms with van der Waals surface area (Å²) in [7, 11) is 0. The molecule has 104 valence electrons. The minimum Gasteiger partial charge on any atom is -0.368 e. The van der Waals surface area contributed by atoms with E-state index in [2.05, 4.69) is 33.0 Å². The van der Waals surface area contributed by atoms with E-state index in [1.54, 1.807) is 0 Å². The van der Waals surface area contributed by atoms with Gasteiger partial charge in [0.05, 0.1) is 12.1 Å². The zero-order valence-electron chi connectivity index (χ0n) is 11.1. The van der Waals surface area contributed by atoms with Crippen LogP contribution in [0.2, 0.25) is 0 Å². The van der Waals surface area contributed by atoms with Crippen LogP contribution >= 0.6 is 15.9 Å². The maximum atomic E-state index is 11.6. The minimum absolute atomic E-state index is 0.0255. The highest BCUT2D eigenvalue weighted by Crippen LogP contribution is 2.32. The lowest BCUT2D eigenvalue weighted by atomic mass is 9.98. The van der Waals surface area contributed by atoms with E-state index < -0.39 is 0 Å². The number of rotatable bonds is 4. The van der Waals surface area contributed by atoms with Gasteiger partial charge in [0.2, 0.25) is 5.91 Å². The molecule has 4 N–H and O–H groups in total. The summed E-state index contributed by atoms with van der Waals surface area (Å²) >= 11 is 3.48. The van der Waals surface area contributed by atoms with Crippen LogP contribution in [-0.2, 0) is 4.79 Å². The first-order valence-corrected chi connectivity index (χ1v) is 7.36. The molecular formula is C14H20BrN3O. The molecule has 3 atom stereocenters. The smallest absolute Gasteiger partial charge is 0.234 e. The van der Waals surface area contributed by atoms with Crippen molar-refractivity contribution in [1.82, 2.24) is 4.90 Å². The highest BCUT2D eigenvalue weighted by atomic mass is 79.9. The first kappa shape index (κ1) is 14.5. The monoisotopic (exact) mass is 325 g/mol. The Bertz CT molecular complexity index is 464. The number of benzene rings is 1. The third kappa shape index (κ3) is 3.16. The average Bonchev–Trinajstić information content (AvgIpc) is 2.78. The maximum absolute atomic E-state index is 11.6. The van der Waals surface area contributed by atoms with Crippen LogP contribution in [-0.4, -0.2) is 29.4 Å². The van der Waals surface area contributed by atoms with Gasteiger partial charge in [0.25, 0.3) is 0 Å². The molecule has 1 aliphatic heterocycles. The van der Waals surface area contributed by atoms with Crippen molar-refractivity contribution in [3.63, 3.8) is 0 Å². The van der Waals surface area contributed by atoms with Crippen molar-refractivity contribution in [2.45, 2.75) is 37.9 Å². The summed E-state index contributed by atoms with van der Waals surface area (Å²) in [5.41, 5.74) is 12.8.